The minimum absolute atomic E-state index is 0. The van der Waals surface area contributed by atoms with E-state index in [0.717, 1.165) is 24.9 Å². The molecular formula is C19H23ClN2. The van der Waals surface area contributed by atoms with Crippen molar-refractivity contribution in [2.24, 2.45) is 0 Å². The summed E-state index contributed by atoms with van der Waals surface area (Å²) in [7, 11) is 0. The molecule has 3 aromatic rings. The van der Waals surface area contributed by atoms with Crippen LogP contribution in [-0.2, 0) is 6.54 Å². The van der Waals surface area contributed by atoms with E-state index in [1.165, 1.54) is 16.9 Å². The minimum atomic E-state index is 0. The maximum Gasteiger partial charge on any atom is 0.113 e. The Bertz CT molecular complexity index is 715. The summed E-state index contributed by atoms with van der Waals surface area (Å²) in [6.45, 7) is 5.40. The molecule has 22 heavy (non-hydrogen) atoms. The number of fused-ring (bicyclic) bond motifs is 1. The normalized spacial score (nSPS) is 10.9. The smallest absolute Gasteiger partial charge is 0.113 e. The highest BCUT2D eigenvalue weighted by Gasteiger charge is 2.17. The van der Waals surface area contributed by atoms with Crippen LogP contribution in [0.1, 0.15) is 44.0 Å². The fourth-order valence-electron chi connectivity index (χ4n) is 2.99. The summed E-state index contributed by atoms with van der Waals surface area (Å²) in [6.07, 6.45) is 2.27. The van der Waals surface area contributed by atoms with E-state index in [4.69, 9.17) is 4.98 Å². The second-order valence-electron chi connectivity index (χ2n) is 5.54. The Morgan fingerprint density at radius 1 is 0.909 bits per heavy atom. The second-order valence-corrected chi connectivity index (χ2v) is 5.54. The van der Waals surface area contributed by atoms with Crippen molar-refractivity contribution in [1.29, 1.82) is 0 Å². The SMILES string of the molecule is CCC(CC)c1nc2ccccc2n1Cc1ccccc1.Cl. The Morgan fingerprint density at radius 3 is 2.23 bits per heavy atom. The van der Waals surface area contributed by atoms with Gasteiger partial charge in [0.1, 0.15) is 5.82 Å². The summed E-state index contributed by atoms with van der Waals surface area (Å²) in [4.78, 5) is 4.91. The topological polar surface area (TPSA) is 17.8 Å². The Hall–Kier alpha value is -1.80. The molecule has 0 radical (unpaired) electrons. The fraction of sp³-hybridized carbons (Fsp3) is 0.316. The molecule has 116 valence electrons. The molecule has 0 aliphatic carbocycles. The first-order chi connectivity index (χ1) is 10.3. The predicted octanol–water partition coefficient (Wildman–Crippen LogP) is 5.41. The number of hydrogen-bond donors (Lipinski definition) is 0. The Kier molecular flexibility index (Phi) is 5.62. The van der Waals surface area contributed by atoms with Gasteiger partial charge in [0.2, 0.25) is 0 Å². The van der Waals surface area contributed by atoms with Gasteiger partial charge in [0.25, 0.3) is 0 Å². The molecule has 0 unspecified atom stereocenters. The number of para-hydroxylation sites is 2. The Balaban J connectivity index is 0.00000176. The van der Waals surface area contributed by atoms with Gasteiger partial charge < -0.3 is 4.57 Å². The lowest BCUT2D eigenvalue weighted by molar-refractivity contribution is 0.570. The maximum atomic E-state index is 4.91. The third kappa shape index (κ3) is 3.17. The molecule has 0 bridgehead atoms. The van der Waals surface area contributed by atoms with Gasteiger partial charge in [0.05, 0.1) is 11.0 Å². The van der Waals surface area contributed by atoms with Gasteiger partial charge in [0.15, 0.2) is 0 Å². The van der Waals surface area contributed by atoms with E-state index in [2.05, 4.69) is 73.0 Å². The van der Waals surface area contributed by atoms with Crippen LogP contribution < -0.4 is 0 Å². The molecule has 3 rings (SSSR count). The quantitative estimate of drug-likeness (QED) is 0.615. The van der Waals surface area contributed by atoms with Crippen molar-refractivity contribution < 1.29 is 0 Å². The van der Waals surface area contributed by atoms with Crippen LogP contribution in [0.2, 0.25) is 0 Å². The van der Waals surface area contributed by atoms with Crippen molar-refractivity contribution in [3.63, 3.8) is 0 Å². The number of imidazole rings is 1. The molecule has 1 aromatic heterocycles. The van der Waals surface area contributed by atoms with E-state index in [1.807, 2.05) is 0 Å². The molecule has 0 atom stereocenters. The molecule has 0 N–H and O–H groups in total. The molecular weight excluding hydrogens is 292 g/mol. The third-order valence-corrected chi connectivity index (χ3v) is 4.22. The molecule has 3 heteroatoms. The zero-order valence-electron chi connectivity index (χ0n) is 13.2. The van der Waals surface area contributed by atoms with E-state index in [-0.39, 0.29) is 12.4 Å². The Morgan fingerprint density at radius 2 is 1.55 bits per heavy atom. The lowest BCUT2D eigenvalue weighted by Gasteiger charge is -2.15. The number of rotatable bonds is 5. The van der Waals surface area contributed by atoms with Crippen LogP contribution in [0.5, 0.6) is 0 Å². The van der Waals surface area contributed by atoms with Crippen molar-refractivity contribution >= 4 is 23.4 Å². The van der Waals surface area contributed by atoms with Crippen LogP contribution >= 0.6 is 12.4 Å². The highest BCUT2D eigenvalue weighted by molar-refractivity contribution is 5.85. The summed E-state index contributed by atoms with van der Waals surface area (Å²) in [5, 5.41) is 0. The minimum Gasteiger partial charge on any atom is -0.323 e. The summed E-state index contributed by atoms with van der Waals surface area (Å²) in [5.41, 5.74) is 3.67. The van der Waals surface area contributed by atoms with Crippen LogP contribution in [0.3, 0.4) is 0 Å². The summed E-state index contributed by atoms with van der Waals surface area (Å²) in [6, 6.07) is 19.1. The number of halogens is 1. The monoisotopic (exact) mass is 314 g/mol. The fourth-order valence-corrected chi connectivity index (χ4v) is 2.99. The van der Waals surface area contributed by atoms with E-state index in [1.54, 1.807) is 0 Å². The van der Waals surface area contributed by atoms with Gasteiger partial charge >= 0.3 is 0 Å². The van der Waals surface area contributed by atoms with Crippen molar-refractivity contribution in [2.45, 2.75) is 39.2 Å². The van der Waals surface area contributed by atoms with Crippen molar-refractivity contribution in [3.8, 4) is 0 Å². The van der Waals surface area contributed by atoms with Gasteiger partial charge in [-0.15, -0.1) is 12.4 Å². The van der Waals surface area contributed by atoms with Crippen molar-refractivity contribution in [2.75, 3.05) is 0 Å². The molecule has 2 nitrogen and oxygen atoms in total. The second kappa shape index (κ2) is 7.46. The van der Waals surface area contributed by atoms with Crippen LogP contribution in [0.15, 0.2) is 54.6 Å². The third-order valence-electron chi connectivity index (χ3n) is 4.22. The molecule has 0 amide bonds. The van der Waals surface area contributed by atoms with E-state index < -0.39 is 0 Å². The van der Waals surface area contributed by atoms with Crippen molar-refractivity contribution in [3.05, 3.63) is 66.0 Å². The molecule has 0 fully saturated rings. The average Bonchev–Trinajstić information content (AvgIpc) is 2.89. The van der Waals surface area contributed by atoms with Gasteiger partial charge in [-0.1, -0.05) is 56.3 Å². The predicted molar refractivity (Wildman–Crippen MR) is 95.8 cm³/mol. The van der Waals surface area contributed by atoms with Gasteiger partial charge in [-0.05, 0) is 30.5 Å². The number of benzene rings is 2. The molecule has 0 aliphatic heterocycles. The molecule has 0 spiro atoms. The van der Waals surface area contributed by atoms with E-state index in [0.29, 0.717) is 5.92 Å². The largest absolute Gasteiger partial charge is 0.323 e. The highest BCUT2D eigenvalue weighted by atomic mass is 35.5. The zero-order chi connectivity index (χ0) is 14.7. The molecule has 1 heterocycles. The van der Waals surface area contributed by atoms with Crippen LogP contribution in [0, 0.1) is 0 Å². The number of hydrogen-bond acceptors (Lipinski definition) is 1. The van der Waals surface area contributed by atoms with Crippen LogP contribution in [-0.4, -0.2) is 9.55 Å². The molecule has 0 saturated heterocycles. The number of aromatic nitrogens is 2. The first-order valence-electron chi connectivity index (χ1n) is 7.82. The molecule has 2 aromatic carbocycles. The van der Waals surface area contributed by atoms with E-state index in [9.17, 15) is 0 Å². The molecule has 0 saturated carbocycles. The van der Waals surface area contributed by atoms with Gasteiger partial charge in [0, 0.05) is 12.5 Å². The van der Waals surface area contributed by atoms with Gasteiger partial charge in [-0.3, -0.25) is 0 Å². The van der Waals surface area contributed by atoms with Crippen LogP contribution in [0.25, 0.3) is 11.0 Å². The lowest BCUT2D eigenvalue weighted by Crippen LogP contribution is -2.09. The Labute approximate surface area is 138 Å². The molecule has 0 aliphatic rings. The zero-order valence-corrected chi connectivity index (χ0v) is 14.0. The summed E-state index contributed by atoms with van der Waals surface area (Å²) in [5.74, 6) is 1.76. The average molecular weight is 315 g/mol. The maximum absolute atomic E-state index is 4.91. The lowest BCUT2D eigenvalue weighted by atomic mass is 10.0. The highest BCUT2D eigenvalue weighted by Crippen LogP contribution is 2.27. The van der Waals surface area contributed by atoms with Crippen LogP contribution in [0.4, 0.5) is 0 Å². The number of nitrogens with zero attached hydrogens (tertiary/aromatic N) is 2. The first kappa shape index (κ1) is 16.6. The standard InChI is InChI=1S/C19H22N2.ClH/c1-3-16(4-2)19-20-17-12-8-9-13-18(17)21(19)14-15-10-6-5-7-11-15;/h5-13,16H,3-4,14H2,1-2H3;1H. The summed E-state index contributed by atoms with van der Waals surface area (Å²) < 4.78 is 2.39. The summed E-state index contributed by atoms with van der Waals surface area (Å²) >= 11 is 0. The van der Waals surface area contributed by atoms with Crippen molar-refractivity contribution in [1.82, 2.24) is 9.55 Å². The van der Waals surface area contributed by atoms with E-state index >= 15 is 0 Å². The van der Waals surface area contributed by atoms with Gasteiger partial charge in [-0.2, -0.15) is 0 Å². The van der Waals surface area contributed by atoms with Gasteiger partial charge in [-0.25, -0.2) is 4.98 Å². The first-order valence-corrected chi connectivity index (χ1v) is 7.82.